The van der Waals surface area contributed by atoms with Crippen LogP contribution in [0.1, 0.15) is 52.3 Å². The van der Waals surface area contributed by atoms with Crippen molar-refractivity contribution < 1.29 is 5.11 Å². The van der Waals surface area contributed by atoms with Gasteiger partial charge in [-0.05, 0) is 24.2 Å². The smallest absolute Gasteiger partial charge is 0.0974 e. The monoisotopic (exact) mass is 258 g/mol. The summed E-state index contributed by atoms with van der Waals surface area (Å²) in [6.45, 7) is 8.81. The van der Waals surface area contributed by atoms with Gasteiger partial charge in [0, 0.05) is 7.05 Å². The quantitative estimate of drug-likeness (QED) is 0.897. The number of nitrogens with zero attached hydrogens (tertiary/aromatic N) is 2. The van der Waals surface area contributed by atoms with Gasteiger partial charge in [-0.3, -0.25) is 4.68 Å². The number of halogens is 1. The maximum Gasteiger partial charge on any atom is 0.0974 e. The van der Waals surface area contributed by atoms with Gasteiger partial charge in [0.25, 0.3) is 0 Å². The number of aliphatic hydroxyl groups excluding tert-OH is 1. The molecule has 0 saturated heterocycles. The summed E-state index contributed by atoms with van der Waals surface area (Å²) in [6.07, 6.45) is 2.84. The number of aryl methyl sites for hydroxylation is 1. The Morgan fingerprint density at radius 1 is 1.47 bits per heavy atom. The summed E-state index contributed by atoms with van der Waals surface area (Å²) in [7, 11) is 1.80. The lowest BCUT2D eigenvalue weighted by Crippen LogP contribution is -2.15. The molecule has 2 atom stereocenters. The number of hydrogen-bond donors (Lipinski definition) is 1. The molecule has 0 fully saturated rings. The van der Waals surface area contributed by atoms with Crippen LogP contribution < -0.4 is 0 Å². The number of aliphatic hydroxyl groups is 1. The minimum absolute atomic E-state index is 0.287. The summed E-state index contributed by atoms with van der Waals surface area (Å²) in [4.78, 5) is 0. The highest BCUT2D eigenvalue weighted by molar-refractivity contribution is 6.31. The lowest BCUT2D eigenvalue weighted by molar-refractivity contribution is 0.126. The minimum atomic E-state index is -0.535. The second-order valence-corrected chi connectivity index (χ2v) is 6.53. The molecule has 0 bridgehead atoms. The van der Waals surface area contributed by atoms with Gasteiger partial charge in [0.1, 0.15) is 0 Å². The van der Waals surface area contributed by atoms with Crippen LogP contribution >= 0.6 is 11.6 Å². The Balaban J connectivity index is 2.64. The summed E-state index contributed by atoms with van der Waals surface area (Å²) in [5.41, 5.74) is 1.00. The molecule has 4 heteroatoms. The van der Waals surface area contributed by atoms with Gasteiger partial charge in [-0.1, -0.05) is 39.3 Å². The van der Waals surface area contributed by atoms with Gasteiger partial charge < -0.3 is 5.11 Å². The third-order valence-electron chi connectivity index (χ3n) is 2.84. The first-order valence-corrected chi connectivity index (χ1v) is 6.44. The highest BCUT2D eigenvalue weighted by Crippen LogP contribution is 2.32. The van der Waals surface area contributed by atoms with Gasteiger partial charge >= 0.3 is 0 Å². The molecule has 1 heterocycles. The van der Waals surface area contributed by atoms with E-state index >= 15 is 0 Å². The molecule has 0 aliphatic carbocycles. The molecule has 1 N–H and O–H groups in total. The Labute approximate surface area is 109 Å². The van der Waals surface area contributed by atoms with Crippen molar-refractivity contribution in [2.45, 2.75) is 46.6 Å². The van der Waals surface area contributed by atoms with E-state index < -0.39 is 6.10 Å². The molecule has 17 heavy (non-hydrogen) atoms. The number of rotatable bonds is 4. The van der Waals surface area contributed by atoms with Gasteiger partial charge in [-0.15, -0.1) is 0 Å². The SMILES string of the molecule is CC(CC(O)c1c(Cl)cnn1C)CC(C)(C)C. The fourth-order valence-corrected chi connectivity index (χ4v) is 2.71. The van der Waals surface area contributed by atoms with Crippen LogP contribution in [0, 0.1) is 11.3 Å². The molecule has 0 aliphatic heterocycles. The average molecular weight is 259 g/mol. The molecule has 0 amide bonds. The molecular weight excluding hydrogens is 236 g/mol. The predicted octanol–water partition coefficient (Wildman–Crippen LogP) is 3.57. The Hall–Kier alpha value is -0.540. The molecule has 0 radical (unpaired) electrons. The van der Waals surface area contributed by atoms with E-state index in [1.165, 1.54) is 0 Å². The second-order valence-electron chi connectivity index (χ2n) is 6.12. The fourth-order valence-electron chi connectivity index (χ4n) is 2.42. The van der Waals surface area contributed by atoms with Crippen LogP contribution in [0.4, 0.5) is 0 Å². The molecule has 3 nitrogen and oxygen atoms in total. The Morgan fingerprint density at radius 2 is 2.06 bits per heavy atom. The largest absolute Gasteiger partial charge is 0.387 e. The molecule has 1 aromatic rings. The zero-order chi connectivity index (χ0) is 13.2. The van der Waals surface area contributed by atoms with Crippen LogP contribution in [0.2, 0.25) is 5.02 Å². The topological polar surface area (TPSA) is 38.1 Å². The second kappa shape index (κ2) is 5.40. The van der Waals surface area contributed by atoms with Crippen molar-refractivity contribution in [3.05, 3.63) is 16.9 Å². The minimum Gasteiger partial charge on any atom is -0.387 e. The van der Waals surface area contributed by atoms with Crippen molar-refractivity contribution in [3.8, 4) is 0 Å². The highest BCUT2D eigenvalue weighted by atomic mass is 35.5. The molecule has 0 aliphatic rings. The zero-order valence-electron chi connectivity index (χ0n) is 11.4. The van der Waals surface area contributed by atoms with Crippen molar-refractivity contribution in [2.24, 2.45) is 18.4 Å². The predicted molar refractivity (Wildman–Crippen MR) is 71.0 cm³/mol. The number of aromatic nitrogens is 2. The summed E-state index contributed by atoms with van der Waals surface area (Å²) < 4.78 is 1.65. The van der Waals surface area contributed by atoms with E-state index in [0.29, 0.717) is 16.6 Å². The van der Waals surface area contributed by atoms with Crippen LogP contribution in [-0.4, -0.2) is 14.9 Å². The first kappa shape index (κ1) is 14.5. The van der Waals surface area contributed by atoms with Crippen LogP contribution in [0.5, 0.6) is 0 Å². The van der Waals surface area contributed by atoms with Gasteiger partial charge in [0.05, 0.1) is 23.0 Å². The maximum absolute atomic E-state index is 10.2. The van der Waals surface area contributed by atoms with E-state index in [2.05, 4.69) is 32.8 Å². The average Bonchev–Trinajstić information content (AvgIpc) is 2.42. The molecular formula is C13H23ClN2O. The van der Waals surface area contributed by atoms with Crippen LogP contribution in [0.15, 0.2) is 6.20 Å². The van der Waals surface area contributed by atoms with E-state index in [4.69, 9.17) is 11.6 Å². The van der Waals surface area contributed by atoms with E-state index in [0.717, 1.165) is 12.8 Å². The first-order valence-electron chi connectivity index (χ1n) is 6.06. The lowest BCUT2D eigenvalue weighted by atomic mass is 9.83. The van der Waals surface area contributed by atoms with Gasteiger partial charge in [0.2, 0.25) is 0 Å². The van der Waals surface area contributed by atoms with E-state index in [9.17, 15) is 5.11 Å². The van der Waals surface area contributed by atoms with Gasteiger partial charge in [-0.25, -0.2) is 0 Å². The molecule has 1 aromatic heterocycles. The van der Waals surface area contributed by atoms with E-state index in [1.54, 1.807) is 17.9 Å². The Kier molecular flexibility index (Phi) is 4.62. The molecule has 0 spiro atoms. The molecule has 1 rings (SSSR count). The van der Waals surface area contributed by atoms with Crippen molar-refractivity contribution in [1.82, 2.24) is 9.78 Å². The van der Waals surface area contributed by atoms with Crippen molar-refractivity contribution in [1.29, 1.82) is 0 Å². The standard InChI is InChI=1S/C13H23ClN2O/c1-9(7-13(2,3)4)6-11(17)12-10(14)8-15-16(12)5/h8-9,11,17H,6-7H2,1-5H3. The van der Waals surface area contributed by atoms with Crippen LogP contribution in [-0.2, 0) is 7.05 Å². The van der Waals surface area contributed by atoms with Crippen molar-refractivity contribution in [3.63, 3.8) is 0 Å². The third-order valence-corrected chi connectivity index (χ3v) is 3.13. The van der Waals surface area contributed by atoms with Gasteiger partial charge in [-0.2, -0.15) is 5.10 Å². The Morgan fingerprint density at radius 3 is 2.47 bits per heavy atom. The summed E-state index contributed by atoms with van der Waals surface area (Å²) in [5.74, 6) is 0.455. The van der Waals surface area contributed by atoms with Crippen LogP contribution in [0.3, 0.4) is 0 Å². The third kappa shape index (κ3) is 4.32. The van der Waals surface area contributed by atoms with Gasteiger partial charge in [0.15, 0.2) is 0 Å². The fraction of sp³-hybridized carbons (Fsp3) is 0.769. The number of hydrogen-bond acceptors (Lipinski definition) is 2. The molecule has 2 unspecified atom stereocenters. The molecule has 0 aromatic carbocycles. The summed E-state index contributed by atoms with van der Waals surface area (Å²) in [5, 5.41) is 14.8. The van der Waals surface area contributed by atoms with E-state index in [1.807, 2.05) is 0 Å². The highest BCUT2D eigenvalue weighted by Gasteiger charge is 2.22. The van der Waals surface area contributed by atoms with E-state index in [-0.39, 0.29) is 5.41 Å². The van der Waals surface area contributed by atoms with Crippen molar-refractivity contribution >= 4 is 11.6 Å². The summed E-state index contributed by atoms with van der Waals surface area (Å²) in [6, 6.07) is 0. The maximum atomic E-state index is 10.2. The summed E-state index contributed by atoms with van der Waals surface area (Å²) >= 11 is 6.01. The zero-order valence-corrected chi connectivity index (χ0v) is 12.1. The van der Waals surface area contributed by atoms with Crippen molar-refractivity contribution in [2.75, 3.05) is 0 Å². The van der Waals surface area contributed by atoms with Crippen LogP contribution in [0.25, 0.3) is 0 Å². The lowest BCUT2D eigenvalue weighted by Gasteiger charge is -2.25. The molecule has 0 saturated carbocycles. The molecule has 98 valence electrons. The normalized spacial score (nSPS) is 15.9. The Bertz CT molecular complexity index is 348. The first-order chi connectivity index (χ1) is 7.70.